The summed E-state index contributed by atoms with van der Waals surface area (Å²) < 4.78 is 0. The van der Waals surface area contributed by atoms with Gasteiger partial charge < -0.3 is 37.6 Å². The first-order chi connectivity index (χ1) is 15.9. The van der Waals surface area contributed by atoms with Crippen molar-refractivity contribution in [3.63, 3.8) is 0 Å². The highest BCUT2D eigenvalue weighted by atomic mass is 32.2. The van der Waals surface area contributed by atoms with Crippen LogP contribution in [0.2, 0.25) is 0 Å². The average molecular weight is 506 g/mol. The van der Waals surface area contributed by atoms with Gasteiger partial charge in [-0.05, 0) is 56.6 Å². The molecule has 0 aliphatic heterocycles. The number of carbonyl (C=O) groups is 5. The van der Waals surface area contributed by atoms with Gasteiger partial charge >= 0.3 is 11.9 Å². The Kier molecular flexibility index (Phi) is 15.9. The van der Waals surface area contributed by atoms with Gasteiger partial charge in [-0.2, -0.15) is 11.8 Å². The van der Waals surface area contributed by atoms with Crippen LogP contribution in [0.5, 0.6) is 0 Å². The van der Waals surface area contributed by atoms with E-state index in [0.717, 1.165) is 0 Å². The van der Waals surface area contributed by atoms with Crippen LogP contribution < -0.4 is 27.4 Å². The molecular formula is C21H39N5O7S. The van der Waals surface area contributed by atoms with Gasteiger partial charge in [-0.15, -0.1) is 0 Å². The van der Waals surface area contributed by atoms with E-state index in [1.165, 1.54) is 11.8 Å². The van der Waals surface area contributed by atoms with Gasteiger partial charge in [0.2, 0.25) is 17.7 Å². The minimum atomic E-state index is -1.34. The number of nitrogens with one attached hydrogen (secondary N) is 3. The van der Waals surface area contributed by atoms with Crippen molar-refractivity contribution >= 4 is 41.4 Å². The van der Waals surface area contributed by atoms with E-state index in [-0.39, 0.29) is 25.2 Å². The molecule has 0 aromatic carbocycles. The maximum atomic E-state index is 13.0. The van der Waals surface area contributed by atoms with Crippen LogP contribution in [0.15, 0.2) is 0 Å². The number of carbonyl (C=O) groups excluding carboxylic acids is 3. The third-order valence-electron chi connectivity index (χ3n) is 4.88. The quantitative estimate of drug-likeness (QED) is 0.116. The van der Waals surface area contributed by atoms with Crippen molar-refractivity contribution < 1.29 is 34.2 Å². The van der Waals surface area contributed by atoms with Gasteiger partial charge in [0.15, 0.2) is 0 Å². The summed E-state index contributed by atoms with van der Waals surface area (Å²) in [5, 5.41) is 25.8. The molecular weight excluding hydrogens is 466 g/mol. The van der Waals surface area contributed by atoms with Crippen molar-refractivity contribution in [2.75, 3.05) is 18.6 Å². The number of amides is 3. The normalized spacial score (nSPS) is 14.5. The lowest BCUT2D eigenvalue weighted by Gasteiger charge is -2.25. The maximum Gasteiger partial charge on any atom is 0.326 e. The summed E-state index contributed by atoms with van der Waals surface area (Å²) in [5.74, 6) is -3.98. The first-order valence-corrected chi connectivity index (χ1v) is 12.6. The zero-order valence-electron chi connectivity index (χ0n) is 20.0. The molecule has 0 aliphatic carbocycles. The molecule has 4 unspecified atom stereocenters. The highest BCUT2D eigenvalue weighted by Gasteiger charge is 2.30. The smallest absolute Gasteiger partial charge is 0.326 e. The number of carboxylic acids is 2. The minimum Gasteiger partial charge on any atom is -0.481 e. The zero-order valence-corrected chi connectivity index (χ0v) is 20.9. The van der Waals surface area contributed by atoms with Crippen molar-refractivity contribution in [2.45, 2.75) is 76.5 Å². The molecule has 12 nitrogen and oxygen atoms in total. The molecule has 0 radical (unpaired) electrons. The summed E-state index contributed by atoms with van der Waals surface area (Å²) in [6, 6.07) is -4.52. The van der Waals surface area contributed by atoms with Gasteiger partial charge in [0.05, 0.1) is 12.5 Å². The Balaban J connectivity index is 5.48. The predicted molar refractivity (Wildman–Crippen MR) is 129 cm³/mol. The van der Waals surface area contributed by atoms with E-state index >= 15 is 0 Å². The van der Waals surface area contributed by atoms with Crippen molar-refractivity contribution in [2.24, 2.45) is 17.4 Å². The van der Waals surface area contributed by atoms with E-state index in [0.29, 0.717) is 25.1 Å². The van der Waals surface area contributed by atoms with E-state index < -0.39 is 60.2 Å². The molecule has 0 rings (SSSR count). The Hall–Kier alpha value is -2.38. The molecule has 0 aromatic heterocycles. The van der Waals surface area contributed by atoms with Crippen LogP contribution in [-0.4, -0.2) is 82.6 Å². The molecule has 0 heterocycles. The van der Waals surface area contributed by atoms with Crippen LogP contribution in [0.4, 0.5) is 0 Å². The van der Waals surface area contributed by atoms with E-state index in [1.807, 2.05) is 20.1 Å². The largest absolute Gasteiger partial charge is 0.481 e. The molecule has 0 aliphatic rings. The fraction of sp³-hybridized carbons (Fsp3) is 0.762. The molecule has 13 heteroatoms. The first-order valence-electron chi connectivity index (χ1n) is 11.2. The molecule has 0 aromatic rings. The molecule has 0 fully saturated rings. The monoisotopic (exact) mass is 505 g/mol. The van der Waals surface area contributed by atoms with Gasteiger partial charge in [-0.25, -0.2) is 4.79 Å². The van der Waals surface area contributed by atoms with Gasteiger partial charge in [-0.1, -0.05) is 13.8 Å². The minimum absolute atomic E-state index is 0.0211. The van der Waals surface area contributed by atoms with Gasteiger partial charge in [0, 0.05) is 0 Å². The van der Waals surface area contributed by atoms with E-state index in [9.17, 15) is 29.1 Å². The Morgan fingerprint density at radius 2 is 1.38 bits per heavy atom. The lowest BCUT2D eigenvalue weighted by molar-refractivity contribution is -0.142. The second kappa shape index (κ2) is 17.1. The molecule has 3 amide bonds. The van der Waals surface area contributed by atoms with E-state index in [1.54, 1.807) is 0 Å². The lowest BCUT2D eigenvalue weighted by Crippen LogP contribution is -2.57. The van der Waals surface area contributed by atoms with Gasteiger partial charge in [0.1, 0.15) is 18.1 Å². The molecule has 0 bridgehead atoms. The number of aliphatic carboxylic acids is 2. The van der Waals surface area contributed by atoms with Crippen molar-refractivity contribution in [1.82, 2.24) is 16.0 Å². The SMILES string of the molecule is CSCCC(NC(=O)C(N)CC(=O)O)C(=O)NC(CCCCN)C(=O)NC(CC(C)C)C(=O)O. The fourth-order valence-electron chi connectivity index (χ4n) is 3.06. The Labute approximate surface area is 204 Å². The number of nitrogens with two attached hydrogens (primary N) is 2. The van der Waals surface area contributed by atoms with Crippen LogP contribution >= 0.6 is 11.8 Å². The number of hydrogen-bond donors (Lipinski definition) is 7. The highest BCUT2D eigenvalue weighted by molar-refractivity contribution is 7.98. The summed E-state index contributed by atoms with van der Waals surface area (Å²) in [4.78, 5) is 60.4. The molecule has 4 atom stereocenters. The van der Waals surface area contributed by atoms with Crippen molar-refractivity contribution in [3.8, 4) is 0 Å². The van der Waals surface area contributed by atoms with Crippen LogP contribution in [0, 0.1) is 5.92 Å². The van der Waals surface area contributed by atoms with Crippen LogP contribution in [0.1, 0.15) is 52.4 Å². The lowest BCUT2D eigenvalue weighted by atomic mass is 10.0. The summed E-state index contributed by atoms with van der Waals surface area (Å²) in [6.45, 7) is 4.05. The summed E-state index contributed by atoms with van der Waals surface area (Å²) in [5.41, 5.74) is 11.1. The van der Waals surface area contributed by atoms with Crippen LogP contribution in [0.25, 0.3) is 0 Å². The third kappa shape index (κ3) is 13.4. The summed E-state index contributed by atoms with van der Waals surface area (Å²) in [6.07, 6.45) is 3.01. The zero-order chi connectivity index (χ0) is 26.3. The van der Waals surface area contributed by atoms with Crippen LogP contribution in [-0.2, 0) is 24.0 Å². The number of rotatable bonds is 18. The van der Waals surface area contributed by atoms with Crippen molar-refractivity contribution in [1.29, 1.82) is 0 Å². The molecule has 0 saturated carbocycles. The molecule has 9 N–H and O–H groups in total. The number of carboxylic acid groups (broad SMARTS) is 2. The standard InChI is InChI=1S/C21H39N5O7S/c1-12(2)10-16(21(32)33)26-19(30)14(6-4-5-8-22)25-20(31)15(7-9-34-3)24-18(29)13(23)11-17(27)28/h12-16H,4-11,22-23H2,1-3H3,(H,24,29)(H,25,31)(H,26,30)(H,27,28)(H,32,33). The second-order valence-electron chi connectivity index (χ2n) is 8.42. The summed E-state index contributed by atoms with van der Waals surface area (Å²) >= 11 is 1.44. The molecule has 196 valence electrons. The van der Waals surface area contributed by atoms with Crippen LogP contribution in [0.3, 0.4) is 0 Å². The average Bonchev–Trinajstić information content (AvgIpc) is 2.74. The Morgan fingerprint density at radius 3 is 1.85 bits per heavy atom. The Morgan fingerprint density at radius 1 is 0.853 bits per heavy atom. The Bertz CT molecular complexity index is 692. The van der Waals surface area contributed by atoms with Gasteiger partial charge in [0.25, 0.3) is 0 Å². The number of thioether (sulfide) groups is 1. The summed E-state index contributed by atoms with van der Waals surface area (Å²) in [7, 11) is 0. The second-order valence-corrected chi connectivity index (χ2v) is 9.41. The van der Waals surface area contributed by atoms with Gasteiger partial charge in [-0.3, -0.25) is 19.2 Å². The first kappa shape index (κ1) is 31.6. The third-order valence-corrected chi connectivity index (χ3v) is 5.52. The molecule has 0 spiro atoms. The van der Waals surface area contributed by atoms with Crippen molar-refractivity contribution in [3.05, 3.63) is 0 Å². The number of hydrogen-bond acceptors (Lipinski definition) is 8. The predicted octanol–water partition coefficient (Wildman–Crippen LogP) is -0.744. The molecule has 34 heavy (non-hydrogen) atoms. The maximum absolute atomic E-state index is 13.0. The topological polar surface area (TPSA) is 214 Å². The van der Waals surface area contributed by atoms with E-state index in [4.69, 9.17) is 16.6 Å². The highest BCUT2D eigenvalue weighted by Crippen LogP contribution is 2.09. The van der Waals surface area contributed by atoms with E-state index in [2.05, 4.69) is 16.0 Å². The number of unbranched alkanes of at least 4 members (excludes halogenated alkanes) is 1. The fourth-order valence-corrected chi connectivity index (χ4v) is 3.53. The molecule has 0 saturated heterocycles.